The van der Waals surface area contributed by atoms with Gasteiger partial charge in [0.2, 0.25) is 5.91 Å². The third-order valence-corrected chi connectivity index (χ3v) is 5.51. The SMILES string of the molecule is COCCC(=O)N1CC2=C(CN(Sc3ccc4occc4c3)C2)C1. The molecule has 126 valence electrons. The Morgan fingerprint density at radius 2 is 2.00 bits per heavy atom. The van der Waals surface area contributed by atoms with Crippen molar-refractivity contribution >= 4 is 28.8 Å². The van der Waals surface area contributed by atoms with Gasteiger partial charge in [-0.3, -0.25) is 4.79 Å². The Labute approximate surface area is 145 Å². The van der Waals surface area contributed by atoms with Gasteiger partial charge in [0.15, 0.2) is 0 Å². The van der Waals surface area contributed by atoms with Crippen molar-refractivity contribution in [3.8, 4) is 0 Å². The smallest absolute Gasteiger partial charge is 0.225 e. The van der Waals surface area contributed by atoms with Gasteiger partial charge in [-0.15, -0.1) is 0 Å². The molecule has 0 saturated heterocycles. The summed E-state index contributed by atoms with van der Waals surface area (Å²) in [4.78, 5) is 15.3. The highest BCUT2D eigenvalue weighted by Crippen LogP contribution is 2.34. The maximum absolute atomic E-state index is 12.1. The predicted molar refractivity (Wildman–Crippen MR) is 93.7 cm³/mol. The van der Waals surface area contributed by atoms with Gasteiger partial charge in [-0.2, -0.15) is 0 Å². The quantitative estimate of drug-likeness (QED) is 0.616. The Morgan fingerprint density at radius 1 is 1.21 bits per heavy atom. The largest absolute Gasteiger partial charge is 0.464 e. The molecule has 1 aromatic carbocycles. The molecule has 6 heteroatoms. The first-order valence-electron chi connectivity index (χ1n) is 8.09. The average Bonchev–Trinajstić information content (AvgIpc) is 3.26. The zero-order valence-corrected chi connectivity index (χ0v) is 14.5. The highest BCUT2D eigenvalue weighted by Gasteiger charge is 2.32. The van der Waals surface area contributed by atoms with Crippen LogP contribution in [-0.4, -0.2) is 55.0 Å². The van der Waals surface area contributed by atoms with Gasteiger partial charge in [0.1, 0.15) is 5.58 Å². The number of ether oxygens (including phenoxy) is 1. The Hall–Kier alpha value is -1.76. The number of carbonyl (C=O) groups excluding carboxylic acids is 1. The molecule has 0 saturated carbocycles. The number of amides is 1. The van der Waals surface area contributed by atoms with Gasteiger partial charge in [0.25, 0.3) is 0 Å². The molecular weight excluding hydrogens is 324 g/mol. The number of hydrogen-bond acceptors (Lipinski definition) is 5. The van der Waals surface area contributed by atoms with Gasteiger partial charge >= 0.3 is 0 Å². The summed E-state index contributed by atoms with van der Waals surface area (Å²) in [6, 6.07) is 8.27. The summed E-state index contributed by atoms with van der Waals surface area (Å²) in [5, 5.41) is 1.13. The molecular formula is C18H20N2O3S. The second-order valence-electron chi connectivity index (χ2n) is 6.21. The van der Waals surface area contributed by atoms with E-state index in [1.54, 1.807) is 25.3 Å². The van der Waals surface area contributed by atoms with E-state index < -0.39 is 0 Å². The molecule has 1 aromatic heterocycles. The van der Waals surface area contributed by atoms with E-state index in [9.17, 15) is 4.79 Å². The summed E-state index contributed by atoms with van der Waals surface area (Å²) in [7, 11) is 1.63. The lowest BCUT2D eigenvalue weighted by molar-refractivity contribution is -0.130. The van der Waals surface area contributed by atoms with Crippen LogP contribution in [0.15, 0.2) is 51.0 Å². The molecule has 0 spiro atoms. The van der Waals surface area contributed by atoms with E-state index in [4.69, 9.17) is 9.15 Å². The van der Waals surface area contributed by atoms with E-state index in [2.05, 4.69) is 16.4 Å². The third-order valence-electron chi connectivity index (χ3n) is 4.53. The van der Waals surface area contributed by atoms with Crippen molar-refractivity contribution in [1.82, 2.24) is 9.21 Å². The summed E-state index contributed by atoms with van der Waals surface area (Å²) in [5.41, 5.74) is 3.72. The van der Waals surface area contributed by atoms with Crippen LogP contribution < -0.4 is 0 Å². The molecule has 0 atom stereocenters. The van der Waals surface area contributed by atoms with Crippen LogP contribution >= 0.6 is 11.9 Å². The Kier molecular flexibility index (Phi) is 4.35. The lowest BCUT2D eigenvalue weighted by atomic mass is 10.2. The van der Waals surface area contributed by atoms with Gasteiger partial charge in [-0.1, -0.05) is 0 Å². The van der Waals surface area contributed by atoms with Crippen molar-refractivity contribution < 1.29 is 13.9 Å². The topological polar surface area (TPSA) is 45.9 Å². The fourth-order valence-electron chi connectivity index (χ4n) is 3.28. The first-order valence-corrected chi connectivity index (χ1v) is 8.87. The molecule has 1 amide bonds. The van der Waals surface area contributed by atoms with Crippen LogP contribution in [0.2, 0.25) is 0 Å². The molecule has 24 heavy (non-hydrogen) atoms. The molecule has 4 rings (SSSR count). The van der Waals surface area contributed by atoms with Crippen molar-refractivity contribution in [1.29, 1.82) is 0 Å². The Bertz CT molecular complexity index is 780. The zero-order valence-electron chi connectivity index (χ0n) is 13.7. The number of hydrogen-bond donors (Lipinski definition) is 0. The van der Waals surface area contributed by atoms with Crippen LogP contribution in [0, 0.1) is 0 Å². The molecule has 2 aliphatic heterocycles. The number of benzene rings is 1. The number of fused-ring (bicyclic) bond motifs is 1. The van der Waals surface area contributed by atoms with Gasteiger partial charge in [-0.25, -0.2) is 4.31 Å². The molecule has 0 N–H and O–H groups in total. The zero-order chi connectivity index (χ0) is 16.5. The summed E-state index contributed by atoms with van der Waals surface area (Å²) < 4.78 is 12.7. The fourth-order valence-corrected chi connectivity index (χ4v) is 4.33. The van der Waals surface area contributed by atoms with E-state index in [0.717, 1.165) is 37.1 Å². The second-order valence-corrected chi connectivity index (χ2v) is 7.38. The van der Waals surface area contributed by atoms with Crippen LogP contribution in [0.1, 0.15) is 6.42 Å². The van der Waals surface area contributed by atoms with Crippen molar-refractivity contribution in [2.45, 2.75) is 11.3 Å². The average molecular weight is 344 g/mol. The normalized spacial score (nSPS) is 18.0. The minimum absolute atomic E-state index is 0.191. The van der Waals surface area contributed by atoms with E-state index in [-0.39, 0.29) is 5.91 Å². The number of rotatable bonds is 5. The lowest BCUT2D eigenvalue weighted by Gasteiger charge is -2.22. The maximum atomic E-state index is 12.1. The fraction of sp³-hybridized carbons (Fsp3) is 0.389. The van der Waals surface area contributed by atoms with Crippen LogP contribution in [0.3, 0.4) is 0 Å². The molecule has 0 unspecified atom stereocenters. The molecule has 0 radical (unpaired) electrons. The third kappa shape index (κ3) is 3.09. The second kappa shape index (κ2) is 6.63. The van der Waals surface area contributed by atoms with Gasteiger partial charge < -0.3 is 14.1 Å². The van der Waals surface area contributed by atoms with Gasteiger partial charge in [0.05, 0.1) is 19.3 Å². The van der Waals surface area contributed by atoms with Crippen molar-refractivity contribution in [2.75, 3.05) is 39.9 Å². The summed E-state index contributed by atoms with van der Waals surface area (Å²) in [6.07, 6.45) is 2.19. The van der Waals surface area contributed by atoms with E-state index in [0.29, 0.717) is 13.0 Å². The number of methoxy groups -OCH3 is 1. The summed E-state index contributed by atoms with van der Waals surface area (Å²) in [5.74, 6) is 0.191. The molecule has 5 nitrogen and oxygen atoms in total. The standard InChI is InChI=1S/C18H20N2O3S/c1-22-6-5-18(21)19-9-14-11-20(12-15(14)10-19)24-16-2-3-17-13(8-16)4-7-23-17/h2-4,7-8H,5-6,9-12H2,1H3. The highest BCUT2D eigenvalue weighted by molar-refractivity contribution is 7.97. The molecule has 0 aliphatic carbocycles. The maximum Gasteiger partial charge on any atom is 0.225 e. The summed E-state index contributed by atoms with van der Waals surface area (Å²) >= 11 is 1.78. The molecule has 0 bridgehead atoms. The van der Waals surface area contributed by atoms with Crippen LogP contribution in [-0.2, 0) is 9.53 Å². The lowest BCUT2D eigenvalue weighted by Crippen LogP contribution is -2.33. The first kappa shape index (κ1) is 15.7. The number of nitrogens with zero attached hydrogens (tertiary/aromatic N) is 2. The van der Waals surface area contributed by atoms with Crippen LogP contribution in [0.25, 0.3) is 11.0 Å². The van der Waals surface area contributed by atoms with Crippen molar-refractivity contribution in [3.63, 3.8) is 0 Å². The highest BCUT2D eigenvalue weighted by atomic mass is 32.2. The minimum atomic E-state index is 0.191. The molecule has 3 heterocycles. The van der Waals surface area contributed by atoms with Crippen molar-refractivity contribution in [2.24, 2.45) is 0 Å². The van der Waals surface area contributed by atoms with Crippen LogP contribution in [0.5, 0.6) is 0 Å². The van der Waals surface area contributed by atoms with Crippen LogP contribution in [0.4, 0.5) is 0 Å². The predicted octanol–water partition coefficient (Wildman–Crippen LogP) is 2.93. The van der Waals surface area contributed by atoms with E-state index >= 15 is 0 Å². The molecule has 0 fully saturated rings. The molecule has 2 aliphatic rings. The van der Waals surface area contributed by atoms with Gasteiger partial charge in [0, 0.05) is 43.6 Å². The number of carbonyl (C=O) groups is 1. The molecule has 2 aromatic rings. The first-order chi connectivity index (χ1) is 11.7. The minimum Gasteiger partial charge on any atom is -0.464 e. The number of furan rings is 1. The Morgan fingerprint density at radius 3 is 2.75 bits per heavy atom. The van der Waals surface area contributed by atoms with E-state index in [1.165, 1.54) is 16.0 Å². The van der Waals surface area contributed by atoms with Crippen molar-refractivity contribution in [3.05, 3.63) is 41.7 Å². The van der Waals surface area contributed by atoms with Gasteiger partial charge in [-0.05, 0) is 47.4 Å². The van der Waals surface area contributed by atoms with E-state index in [1.807, 2.05) is 17.0 Å². The summed E-state index contributed by atoms with van der Waals surface area (Å²) in [6.45, 7) is 3.90. The monoisotopic (exact) mass is 344 g/mol. The Balaban J connectivity index is 1.33.